The standard InChI is InChI=1S/C41H47N11O3/c1-26-19-33(5-6-36(26)51-17-11-37(53)48-41(51)54)50-15-7-28(8-16-50)24-49-13-9-32(10-14-49)52-25-31(22-45-52)46-40-44-21-30-4-3-29(20-35(30)47-40)34-23-43-39-38(27(34)2)42-12-18-55-39/h3-6,19-23,25,28,32,42H,7-18,24H2,1-2H3,(H,44,46,47)(H,48,53,54). The first-order valence-electron chi connectivity index (χ1n) is 19.5. The third-order valence-corrected chi connectivity index (χ3v) is 11.7. The number of imide groups is 1. The van der Waals surface area contributed by atoms with Crippen LogP contribution in [-0.2, 0) is 4.79 Å². The lowest BCUT2D eigenvalue weighted by molar-refractivity contribution is -0.120. The van der Waals surface area contributed by atoms with Gasteiger partial charge < -0.3 is 25.2 Å². The van der Waals surface area contributed by atoms with Gasteiger partial charge in [0, 0.05) is 93.1 Å². The number of benzene rings is 2. The van der Waals surface area contributed by atoms with Crippen molar-refractivity contribution in [1.82, 2.24) is 34.9 Å². The average Bonchev–Trinajstić information content (AvgIpc) is 3.67. The lowest BCUT2D eigenvalue weighted by atomic mass is 9.94. The van der Waals surface area contributed by atoms with E-state index in [4.69, 9.17) is 14.8 Å². The van der Waals surface area contributed by atoms with Crippen molar-refractivity contribution in [3.8, 4) is 17.0 Å². The summed E-state index contributed by atoms with van der Waals surface area (Å²) in [6.45, 7) is 11.3. The summed E-state index contributed by atoms with van der Waals surface area (Å²) >= 11 is 0. The number of amides is 3. The lowest BCUT2D eigenvalue weighted by Crippen LogP contribution is -2.49. The molecule has 5 aromatic rings. The Bertz CT molecular complexity index is 2240. The van der Waals surface area contributed by atoms with E-state index < -0.39 is 0 Å². The minimum atomic E-state index is -0.338. The number of carbonyl (C=O) groups is 2. The highest BCUT2D eigenvalue weighted by atomic mass is 16.5. The lowest BCUT2D eigenvalue weighted by Gasteiger charge is -2.38. The van der Waals surface area contributed by atoms with Crippen molar-refractivity contribution in [3.05, 3.63) is 72.3 Å². The number of ether oxygens (including phenoxy) is 1. The van der Waals surface area contributed by atoms with E-state index in [1.54, 1.807) is 4.90 Å². The fraction of sp³-hybridized carbons (Fsp3) is 0.415. The molecule has 4 aliphatic rings. The molecule has 4 aliphatic heterocycles. The number of nitrogens with one attached hydrogen (secondary N) is 3. The number of aryl methyl sites for hydroxylation is 1. The third-order valence-electron chi connectivity index (χ3n) is 11.7. The van der Waals surface area contributed by atoms with Crippen molar-refractivity contribution < 1.29 is 14.3 Å². The fourth-order valence-corrected chi connectivity index (χ4v) is 8.53. The van der Waals surface area contributed by atoms with Gasteiger partial charge in [0.1, 0.15) is 12.3 Å². The molecule has 2 aromatic carbocycles. The van der Waals surface area contributed by atoms with Gasteiger partial charge in [-0.05, 0) is 86.4 Å². The molecule has 0 spiro atoms. The summed E-state index contributed by atoms with van der Waals surface area (Å²) in [4.78, 5) is 44.7. The quantitative estimate of drug-likeness (QED) is 0.171. The number of anilines is 5. The summed E-state index contributed by atoms with van der Waals surface area (Å²) < 4.78 is 7.82. The Labute approximate surface area is 320 Å². The van der Waals surface area contributed by atoms with Gasteiger partial charge in [-0.15, -0.1) is 0 Å². The highest BCUT2D eigenvalue weighted by molar-refractivity contribution is 6.06. The molecule has 3 N–H and O–H groups in total. The first-order chi connectivity index (χ1) is 26.8. The van der Waals surface area contributed by atoms with Gasteiger partial charge in [-0.1, -0.05) is 12.1 Å². The van der Waals surface area contributed by atoms with Crippen molar-refractivity contribution in [2.45, 2.75) is 52.0 Å². The van der Waals surface area contributed by atoms with Crippen molar-refractivity contribution >= 4 is 51.5 Å². The molecule has 14 nitrogen and oxygen atoms in total. The van der Waals surface area contributed by atoms with Gasteiger partial charge in [-0.25, -0.2) is 19.7 Å². The molecule has 3 saturated heterocycles. The molecule has 0 bridgehead atoms. The highest BCUT2D eigenvalue weighted by Gasteiger charge is 2.28. The molecular formula is C41H47N11O3. The van der Waals surface area contributed by atoms with Gasteiger partial charge in [0.15, 0.2) is 0 Å². The molecule has 9 rings (SSSR count). The van der Waals surface area contributed by atoms with Gasteiger partial charge in [0.2, 0.25) is 17.7 Å². The predicted molar refractivity (Wildman–Crippen MR) is 213 cm³/mol. The summed E-state index contributed by atoms with van der Waals surface area (Å²) in [7, 11) is 0. The molecular weight excluding hydrogens is 695 g/mol. The minimum absolute atomic E-state index is 0.212. The molecule has 55 heavy (non-hydrogen) atoms. The van der Waals surface area contributed by atoms with Crippen LogP contribution in [0.15, 0.2) is 61.2 Å². The number of aromatic nitrogens is 5. The Morgan fingerprint density at radius 2 is 1.78 bits per heavy atom. The second-order valence-corrected chi connectivity index (χ2v) is 15.2. The molecule has 3 fully saturated rings. The minimum Gasteiger partial charge on any atom is -0.474 e. The monoisotopic (exact) mass is 741 g/mol. The summed E-state index contributed by atoms with van der Waals surface area (Å²) in [5, 5.41) is 14.9. The summed E-state index contributed by atoms with van der Waals surface area (Å²) in [6.07, 6.45) is 12.5. The number of hydrogen-bond acceptors (Lipinski definition) is 11. The molecule has 0 atom stereocenters. The van der Waals surface area contributed by atoms with E-state index in [1.807, 2.05) is 31.6 Å². The Balaban J connectivity index is 0.762. The SMILES string of the molecule is Cc1cc(N2CCC(CN3CCC(n4cc(Nc5ncc6ccc(-c7cnc8c(c7C)NCCO8)cc6n5)cn4)CC3)CC2)ccc1N1CCC(=O)NC1=O. The van der Waals surface area contributed by atoms with Crippen LogP contribution in [0.1, 0.15) is 49.3 Å². The molecule has 0 unspecified atom stereocenters. The van der Waals surface area contributed by atoms with Crippen LogP contribution in [0.25, 0.3) is 22.0 Å². The van der Waals surface area contributed by atoms with E-state index >= 15 is 0 Å². The van der Waals surface area contributed by atoms with E-state index in [9.17, 15) is 9.59 Å². The number of pyridine rings is 1. The van der Waals surface area contributed by atoms with Crippen LogP contribution in [0.3, 0.4) is 0 Å². The topological polar surface area (TPSA) is 146 Å². The number of nitrogens with zero attached hydrogens (tertiary/aromatic N) is 8. The van der Waals surface area contributed by atoms with Crippen molar-refractivity contribution in [2.24, 2.45) is 5.92 Å². The van der Waals surface area contributed by atoms with Gasteiger partial charge in [0.05, 0.1) is 23.4 Å². The first kappa shape index (κ1) is 35.0. The molecule has 0 saturated carbocycles. The number of fused-ring (bicyclic) bond motifs is 2. The zero-order valence-corrected chi connectivity index (χ0v) is 31.4. The summed E-state index contributed by atoms with van der Waals surface area (Å²) in [5.41, 5.74) is 9.01. The highest BCUT2D eigenvalue weighted by Crippen LogP contribution is 2.36. The van der Waals surface area contributed by atoms with Crippen molar-refractivity contribution in [3.63, 3.8) is 0 Å². The van der Waals surface area contributed by atoms with E-state index in [0.29, 0.717) is 43.4 Å². The fourth-order valence-electron chi connectivity index (χ4n) is 8.53. The van der Waals surface area contributed by atoms with E-state index in [0.717, 1.165) is 102 Å². The normalized spacial score (nSPS) is 18.5. The molecule has 0 aliphatic carbocycles. The van der Waals surface area contributed by atoms with Crippen LogP contribution in [0.2, 0.25) is 0 Å². The molecule has 284 valence electrons. The van der Waals surface area contributed by atoms with Gasteiger partial charge >= 0.3 is 6.03 Å². The molecule has 3 aromatic heterocycles. The zero-order chi connectivity index (χ0) is 37.5. The van der Waals surface area contributed by atoms with Gasteiger partial charge in [0.25, 0.3) is 0 Å². The molecule has 14 heteroatoms. The Kier molecular flexibility index (Phi) is 9.42. The van der Waals surface area contributed by atoms with E-state index in [1.165, 1.54) is 18.5 Å². The van der Waals surface area contributed by atoms with Crippen molar-refractivity contribution in [2.75, 3.05) is 72.9 Å². The number of piperidine rings is 2. The molecule has 0 radical (unpaired) electrons. The Morgan fingerprint density at radius 3 is 2.60 bits per heavy atom. The van der Waals surface area contributed by atoms with Crippen LogP contribution in [0.5, 0.6) is 5.88 Å². The first-order valence-corrected chi connectivity index (χ1v) is 19.5. The van der Waals surface area contributed by atoms with Crippen LogP contribution in [0.4, 0.5) is 33.5 Å². The third kappa shape index (κ3) is 7.25. The second kappa shape index (κ2) is 14.8. The van der Waals surface area contributed by atoms with Crippen LogP contribution in [0, 0.1) is 19.8 Å². The van der Waals surface area contributed by atoms with Crippen LogP contribution < -0.4 is 30.5 Å². The number of urea groups is 1. The number of rotatable bonds is 8. The second-order valence-electron chi connectivity index (χ2n) is 15.2. The maximum atomic E-state index is 12.4. The Morgan fingerprint density at radius 1 is 0.927 bits per heavy atom. The number of likely N-dealkylation sites (tertiary alicyclic amines) is 1. The predicted octanol–water partition coefficient (Wildman–Crippen LogP) is 6.05. The van der Waals surface area contributed by atoms with E-state index in [2.05, 4.69) is 83.9 Å². The maximum absolute atomic E-state index is 12.4. The summed E-state index contributed by atoms with van der Waals surface area (Å²) in [5.74, 6) is 1.67. The zero-order valence-electron chi connectivity index (χ0n) is 31.4. The number of carbonyl (C=O) groups excluding carboxylic acids is 2. The average molecular weight is 742 g/mol. The molecule has 3 amide bonds. The van der Waals surface area contributed by atoms with E-state index in [-0.39, 0.29) is 11.9 Å². The van der Waals surface area contributed by atoms with Gasteiger partial charge in [-0.2, -0.15) is 5.10 Å². The van der Waals surface area contributed by atoms with Crippen LogP contribution >= 0.6 is 0 Å². The van der Waals surface area contributed by atoms with Crippen LogP contribution in [-0.4, -0.2) is 94.0 Å². The summed E-state index contributed by atoms with van der Waals surface area (Å²) in [6, 6.07) is 12.6. The number of hydrogen-bond donors (Lipinski definition) is 3. The molecule has 7 heterocycles. The largest absolute Gasteiger partial charge is 0.474 e. The van der Waals surface area contributed by atoms with Crippen molar-refractivity contribution in [1.29, 1.82) is 0 Å². The Hall–Kier alpha value is -5.76. The maximum Gasteiger partial charge on any atom is 0.328 e. The van der Waals surface area contributed by atoms with Gasteiger partial charge in [-0.3, -0.25) is 19.7 Å². The smallest absolute Gasteiger partial charge is 0.328 e.